The molecule has 1 aromatic carbocycles. The van der Waals surface area contributed by atoms with E-state index in [2.05, 4.69) is 5.10 Å². The summed E-state index contributed by atoms with van der Waals surface area (Å²) >= 11 is 6.30. The lowest BCUT2D eigenvalue weighted by Crippen LogP contribution is -2.47. The molecule has 176 valence electrons. The van der Waals surface area contributed by atoms with Gasteiger partial charge in [-0.05, 0) is 44.4 Å². The van der Waals surface area contributed by atoms with E-state index in [9.17, 15) is 9.59 Å². The minimum absolute atomic E-state index is 0.00339. The first-order valence-electron chi connectivity index (χ1n) is 11.5. The number of aryl methyl sites for hydroxylation is 1. The van der Waals surface area contributed by atoms with Crippen LogP contribution >= 0.6 is 11.6 Å². The lowest BCUT2D eigenvalue weighted by atomic mass is 9.95. The van der Waals surface area contributed by atoms with Gasteiger partial charge in [-0.3, -0.25) is 14.3 Å². The number of amides is 2. The first kappa shape index (κ1) is 23.5. The maximum atomic E-state index is 12.8. The smallest absolute Gasteiger partial charge is 0.246 e. The highest BCUT2D eigenvalue weighted by molar-refractivity contribution is 6.31. The summed E-state index contributed by atoms with van der Waals surface area (Å²) in [6.07, 6.45) is 4.90. The number of carbonyl (C=O) groups excluding carboxylic acids is 2. The standard InChI is InChI=1S/C25H31ClN4O3/c1-18-22(19(2)30(27-18)17-21-5-3-4-6-23(21)26)7-8-24(31)28-11-9-20(10-12-28)25(32)29-13-15-33-16-14-29/h3-8,20H,9-17H2,1-2H3/b8-7+. The van der Waals surface area contributed by atoms with Gasteiger partial charge in [-0.15, -0.1) is 0 Å². The number of hydrogen-bond acceptors (Lipinski definition) is 4. The maximum absolute atomic E-state index is 12.8. The molecule has 0 radical (unpaired) electrons. The quantitative estimate of drug-likeness (QED) is 0.629. The number of rotatable bonds is 5. The fraction of sp³-hybridized carbons (Fsp3) is 0.480. The molecule has 3 heterocycles. The summed E-state index contributed by atoms with van der Waals surface area (Å²) in [5.74, 6) is 0.187. The van der Waals surface area contributed by atoms with E-state index in [0.29, 0.717) is 63.8 Å². The molecule has 8 heteroatoms. The number of halogens is 1. The van der Waals surface area contributed by atoms with E-state index < -0.39 is 0 Å². The van der Waals surface area contributed by atoms with E-state index >= 15 is 0 Å². The zero-order valence-corrected chi connectivity index (χ0v) is 20.1. The Bertz CT molecular complexity index is 1030. The fourth-order valence-corrected chi connectivity index (χ4v) is 4.74. The van der Waals surface area contributed by atoms with Crippen molar-refractivity contribution in [2.75, 3.05) is 39.4 Å². The average Bonchev–Trinajstić information content (AvgIpc) is 3.11. The molecule has 7 nitrogen and oxygen atoms in total. The van der Waals surface area contributed by atoms with Gasteiger partial charge in [0.05, 0.1) is 25.5 Å². The van der Waals surface area contributed by atoms with Crippen molar-refractivity contribution in [3.63, 3.8) is 0 Å². The molecule has 0 N–H and O–H groups in total. The van der Waals surface area contributed by atoms with E-state index in [4.69, 9.17) is 16.3 Å². The lowest BCUT2D eigenvalue weighted by molar-refractivity contribution is -0.142. The number of piperidine rings is 1. The molecule has 2 aliphatic heterocycles. The van der Waals surface area contributed by atoms with Crippen molar-refractivity contribution >= 4 is 29.5 Å². The Morgan fingerprint density at radius 3 is 2.48 bits per heavy atom. The molecular weight excluding hydrogens is 440 g/mol. The number of ether oxygens (including phenoxy) is 1. The Hall–Kier alpha value is -2.64. The number of benzene rings is 1. The van der Waals surface area contributed by atoms with E-state index in [-0.39, 0.29) is 17.7 Å². The van der Waals surface area contributed by atoms with Gasteiger partial charge in [-0.2, -0.15) is 5.10 Å². The van der Waals surface area contributed by atoms with Crippen molar-refractivity contribution in [3.8, 4) is 0 Å². The molecule has 0 aliphatic carbocycles. The van der Waals surface area contributed by atoms with Crippen LogP contribution in [-0.4, -0.2) is 70.8 Å². The van der Waals surface area contributed by atoms with Crippen LogP contribution in [0.25, 0.3) is 6.08 Å². The molecule has 2 aromatic rings. The summed E-state index contributed by atoms with van der Waals surface area (Å²) < 4.78 is 7.26. The van der Waals surface area contributed by atoms with Crippen LogP contribution in [0.15, 0.2) is 30.3 Å². The lowest BCUT2D eigenvalue weighted by Gasteiger charge is -2.35. The zero-order chi connectivity index (χ0) is 23.4. The molecule has 33 heavy (non-hydrogen) atoms. The van der Waals surface area contributed by atoms with Crippen LogP contribution in [0, 0.1) is 19.8 Å². The van der Waals surface area contributed by atoms with Gasteiger partial charge in [0.15, 0.2) is 0 Å². The average molecular weight is 471 g/mol. The number of aromatic nitrogens is 2. The predicted octanol–water partition coefficient (Wildman–Crippen LogP) is 3.31. The molecular formula is C25H31ClN4O3. The molecule has 2 aliphatic rings. The topological polar surface area (TPSA) is 67.7 Å². The Morgan fingerprint density at radius 1 is 1.09 bits per heavy atom. The Labute approximate surface area is 199 Å². The molecule has 0 spiro atoms. The normalized spacial score (nSPS) is 17.7. The van der Waals surface area contributed by atoms with E-state index in [0.717, 1.165) is 22.5 Å². The van der Waals surface area contributed by atoms with Crippen LogP contribution in [0.4, 0.5) is 0 Å². The molecule has 0 unspecified atom stereocenters. The van der Waals surface area contributed by atoms with Crippen molar-refractivity contribution in [2.24, 2.45) is 5.92 Å². The Balaban J connectivity index is 1.35. The number of morpholine rings is 1. The van der Waals surface area contributed by atoms with Crippen LogP contribution in [0.3, 0.4) is 0 Å². The van der Waals surface area contributed by atoms with Gasteiger partial charge in [-0.1, -0.05) is 29.8 Å². The summed E-state index contributed by atoms with van der Waals surface area (Å²) in [4.78, 5) is 29.2. The van der Waals surface area contributed by atoms with Crippen LogP contribution in [0.5, 0.6) is 0 Å². The Kier molecular flexibility index (Phi) is 7.50. The van der Waals surface area contributed by atoms with Crippen molar-refractivity contribution in [3.05, 3.63) is 57.9 Å². The molecule has 2 fully saturated rings. The van der Waals surface area contributed by atoms with Crippen molar-refractivity contribution < 1.29 is 14.3 Å². The third-order valence-corrected chi connectivity index (χ3v) is 6.96. The monoisotopic (exact) mass is 470 g/mol. The molecule has 1 aromatic heterocycles. The second kappa shape index (κ2) is 10.5. The second-order valence-corrected chi connectivity index (χ2v) is 9.11. The van der Waals surface area contributed by atoms with Gasteiger partial charge in [0.2, 0.25) is 11.8 Å². The molecule has 0 bridgehead atoms. The molecule has 4 rings (SSSR count). The van der Waals surface area contributed by atoms with Gasteiger partial charge >= 0.3 is 0 Å². The molecule has 0 saturated carbocycles. The molecule has 2 saturated heterocycles. The first-order chi connectivity index (χ1) is 15.9. The van der Waals surface area contributed by atoms with Gasteiger partial charge in [0.25, 0.3) is 0 Å². The Morgan fingerprint density at radius 2 is 1.79 bits per heavy atom. The summed E-state index contributed by atoms with van der Waals surface area (Å²) in [5, 5.41) is 5.36. The minimum Gasteiger partial charge on any atom is -0.378 e. The summed E-state index contributed by atoms with van der Waals surface area (Å²) in [5.41, 5.74) is 3.82. The number of hydrogen-bond donors (Lipinski definition) is 0. The van der Waals surface area contributed by atoms with Crippen LogP contribution in [0.2, 0.25) is 5.02 Å². The second-order valence-electron chi connectivity index (χ2n) is 8.70. The number of carbonyl (C=O) groups is 2. The number of likely N-dealkylation sites (tertiary alicyclic amines) is 1. The third kappa shape index (κ3) is 5.47. The summed E-state index contributed by atoms with van der Waals surface area (Å²) in [7, 11) is 0. The largest absolute Gasteiger partial charge is 0.378 e. The predicted molar refractivity (Wildman–Crippen MR) is 128 cm³/mol. The van der Waals surface area contributed by atoms with Crippen LogP contribution in [0.1, 0.15) is 35.4 Å². The summed E-state index contributed by atoms with van der Waals surface area (Å²) in [6.45, 7) is 8.31. The highest BCUT2D eigenvalue weighted by Crippen LogP contribution is 2.22. The highest BCUT2D eigenvalue weighted by Gasteiger charge is 2.30. The van der Waals surface area contributed by atoms with Crippen molar-refractivity contribution in [1.29, 1.82) is 0 Å². The molecule has 2 amide bonds. The zero-order valence-electron chi connectivity index (χ0n) is 19.3. The van der Waals surface area contributed by atoms with Gasteiger partial charge < -0.3 is 14.5 Å². The maximum Gasteiger partial charge on any atom is 0.246 e. The van der Waals surface area contributed by atoms with Crippen LogP contribution < -0.4 is 0 Å². The minimum atomic E-state index is -0.0232. The van der Waals surface area contributed by atoms with Crippen LogP contribution in [-0.2, 0) is 20.9 Å². The van der Waals surface area contributed by atoms with E-state index in [1.165, 1.54) is 0 Å². The first-order valence-corrected chi connectivity index (χ1v) is 11.9. The van der Waals surface area contributed by atoms with Crippen molar-refractivity contribution in [1.82, 2.24) is 19.6 Å². The molecule has 0 atom stereocenters. The van der Waals surface area contributed by atoms with E-state index in [1.807, 2.05) is 58.7 Å². The third-order valence-electron chi connectivity index (χ3n) is 6.59. The van der Waals surface area contributed by atoms with Gasteiger partial charge in [0, 0.05) is 54.5 Å². The van der Waals surface area contributed by atoms with Gasteiger partial charge in [-0.25, -0.2) is 0 Å². The highest BCUT2D eigenvalue weighted by atomic mass is 35.5. The van der Waals surface area contributed by atoms with E-state index in [1.54, 1.807) is 6.08 Å². The summed E-state index contributed by atoms with van der Waals surface area (Å²) in [6, 6.07) is 7.74. The SMILES string of the molecule is Cc1nn(Cc2ccccc2Cl)c(C)c1/C=C/C(=O)N1CCC(C(=O)N2CCOCC2)CC1. The van der Waals surface area contributed by atoms with Crippen molar-refractivity contribution in [2.45, 2.75) is 33.2 Å². The van der Waals surface area contributed by atoms with Gasteiger partial charge in [0.1, 0.15) is 0 Å². The fourth-order valence-electron chi connectivity index (χ4n) is 4.54. The number of nitrogens with zero attached hydrogens (tertiary/aromatic N) is 4.